The molecule has 0 bridgehead atoms. The van der Waals surface area contributed by atoms with Gasteiger partial charge in [0.1, 0.15) is 36.1 Å². The van der Waals surface area contributed by atoms with Gasteiger partial charge >= 0.3 is 5.97 Å². The summed E-state index contributed by atoms with van der Waals surface area (Å²) in [6.07, 6.45) is 8.78. The molecular formula is C33H46N8O8. The molecule has 0 aliphatic carbocycles. The number of carbonyl (C=O) groups is 1. The van der Waals surface area contributed by atoms with Gasteiger partial charge in [-0.2, -0.15) is 0 Å². The van der Waals surface area contributed by atoms with Crippen LogP contribution >= 0.6 is 0 Å². The van der Waals surface area contributed by atoms with Crippen LogP contribution in [0, 0.1) is 0 Å². The van der Waals surface area contributed by atoms with Crippen molar-refractivity contribution in [3.63, 3.8) is 0 Å². The number of hydrogen-bond donors (Lipinski definition) is 6. The number of methoxy groups -OCH3 is 1. The van der Waals surface area contributed by atoms with Crippen molar-refractivity contribution in [3.05, 3.63) is 42.9 Å². The minimum Gasteiger partial charge on any atom is -0.468 e. The second-order valence-corrected chi connectivity index (χ2v) is 13.3. The van der Waals surface area contributed by atoms with E-state index < -0.39 is 11.6 Å². The van der Waals surface area contributed by atoms with Gasteiger partial charge in [0, 0.05) is 43.8 Å². The van der Waals surface area contributed by atoms with Gasteiger partial charge in [-0.15, -0.1) is 0 Å². The third-order valence-electron chi connectivity index (χ3n) is 9.01. The molecule has 3 aromatic rings. The van der Waals surface area contributed by atoms with E-state index in [0.29, 0.717) is 12.2 Å². The van der Waals surface area contributed by atoms with E-state index >= 15 is 0 Å². The van der Waals surface area contributed by atoms with Gasteiger partial charge in [-0.25, -0.2) is 15.0 Å². The van der Waals surface area contributed by atoms with Crippen LogP contribution in [0.15, 0.2) is 42.9 Å². The maximum atomic E-state index is 10.7. The lowest BCUT2D eigenvalue weighted by molar-refractivity contribution is -0.154. The molecule has 5 aliphatic rings. The second-order valence-electron chi connectivity index (χ2n) is 13.3. The van der Waals surface area contributed by atoms with E-state index in [9.17, 15) is 9.90 Å². The van der Waals surface area contributed by atoms with Crippen molar-refractivity contribution in [3.8, 4) is 11.3 Å². The van der Waals surface area contributed by atoms with Crippen molar-refractivity contribution in [2.24, 2.45) is 0 Å². The van der Waals surface area contributed by atoms with Crippen molar-refractivity contribution >= 4 is 28.6 Å². The number of aromatic nitrogens is 4. The molecule has 0 aromatic carbocycles. The molecule has 3 aromatic heterocycles. The molecular weight excluding hydrogens is 636 g/mol. The lowest BCUT2D eigenvalue weighted by Crippen LogP contribution is -2.41. The largest absolute Gasteiger partial charge is 0.468 e. The average Bonchev–Trinajstić information content (AvgIpc) is 3.91. The standard InChI is InChI=1S/C19H22N6O3.C8H15NO3.C6H9NO2/c1-19(2)27-14-8-25(13(9-26)16(14)28-19)12-4-6-21-17-15(12)10(7-23-17)11-3-5-22-18(20)24-11;1-8(2)11-6-3-9-5(4-10)7(6)12-8;1-9-6(8)5-3-2-4-7-5/h3-7,13-14,16,26H,8-9H2,1-2H3,(H,21,23)(H2,20,22,24);5-7,9-10H,3-4H2,1-2H3;2-3,5,7H,4H2,1H3/t13-,14+,16-;5-,6+,7-;5-/m110/s1. The molecule has 0 spiro atoms. The third-order valence-corrected chi connectivity index (χ3v) is 9.01. The Labute approximate surface area is 284 Å². The molecule has 5 aliphatic heterocycles. The van der Waals surface area contributed by atoms with Gasteiger partial charge in [0.15, 0.2) is 11.6 Å². The first-order chi connectivity index (χ1) is 23.4. The smallest absolute Gasteiger partial charge is 0.326 e. The number of nitrogens with two attached hydrogens (primary N) is 1. The number of aliphatic hydroxyl groups excluding tert-OH is 2. The number of ether oxygens (including phenoxy) is 5. The lowest BCUT2D eigenvalue weighted by atomic mass is 10.1. The van der Waals surface area contributed by atoms with Gasteiger partial charge in [-0.1, -0.05) is 12.2 Å². The molecule has 0 saturated carbocycles. The fourth-order valence-corrected chi connectivity index (χ4v) is 6.99. The Morgan fingerprint density at radius 2 is 1.76 bits per heavy atom. The highest BCUT2D eigenvalue weighted by Crippen LogP contribution is 2.42. The molecule has 16 heteroatoms. The molecule has 49 heavy (non-hydrogen) atoms. The van der Waals surface area contributed by atoms with Crippen molar-refractivity contribution in [2.45, 2.75) is 81.8 Å². The van der Waals surface area contributed by atoms with Crippen molar-refractivity contribution in [1.29, 1.82) is 0 Å². The number of esters is 1. The Hall–Kier alpha value is -3.74. The molecule has 0 radical (unpaired) electrons. The number of aliphatic hydroxyl groups is 2. The minimum absolute atomic E-state index is 0.0185. The summed E-state index contributed by atoms with van der Waals surface area (Å²) in [6.45, 7) is 9.84. The molecule has 0 unspecified atom stereocenters. The Balaban J connectivity index is 0.000000162. The number of nitrogen functional groups attached to an aromatic ring is 1. The van der Waals surface area contributed by atoms with E-state index in [-0.39, 0.29) is 67.7 Å². The Morgan fingerprint density at radius 1 is 1.02 bits per heavy atom. The summed E-state index contributed by atoms with van der Waals surface area (Å²) in [6, 6.07) is 3.37. The monoisotopic (exact) mass is 682 g/mol. The van der Waals surface area contributed by atoms with Gasteiger partial charge in [-0.3, -0.25) is 10.1 Å². The molecule has 7 atom stereocenters. The summed E-state index contributed by atoms with van der Waals surface area (Å²) in [4.78, 5) is 28.8. The van der Waals surface area contributed by atoms with Crippen LogP contribution in [0.3, 0.4) is 0 Å². The van der Waals surface area contributed by atoms with E-state index in [1.54, 1.807) is 18.5 Å². The zero-order valence-electron chi connectivity index (χ0n) is 28.3. The number of nitrogens with one attached hydrogen (secondary N) is 3. The predicted octanol–water partition coefficient (Wildman–Crippen LogP) is 0.461. The van der Waals surface area contributed by atoms with E-state index in [2.05, 4.69) is 40.2 Å². The number of hydrogen-bond acceptors (Lipinski definition) is 15. The molecule has 8 rings (SSSR count). The van der Waals surface area contributed by atoms with Crippen LogP contribution in [0.25, 0.3) is 22.3 Å². The number of carbonyl (C=O) groups excluding carboxylic acids is 1. The molecule has 266 valence electrons. The van der Waals surface area contributed by atoms with E-state index in [1.165, 1.54) is 7.11 Å². The van der Waals surface area contributed by atoms with Crippen molar-refractivity contribution < 1.29 is 38.7 Å². The first-order valence-electron chi connectivity index (χ1n) is 16.4. The Kier molecular flexibility index (Phi) is 10.2. The van der Waals surface area contributed by atoms with Crippen molar-refractivity contribution in [1.82, 2.24) is 30.6 Å². The average molecular weight is 683 g/mol. The fraction of sp³-hybridized carbons (Fsp3) is 0.576. The summed E-state index contributed by atoms with van der Waals surface area (Å²) in [5, 5.41) is 26.1. The van der Waals surface area contributed by atoms with Crippen LogP contribution in [0.4, 0.5) is 11.6 Å². The Morgan fingerprint density at radius 3 is 2.43 bits per heavy atom. The highest BCUT2D eigenvalue weighted by molar-refractivity contribution is 6.02. The van der Waals surface area contributed by atoms with E-state index in [1.807, 2.05) is 52.1 Å². The zero-order chi connectivity index (χ0) is 34.9. The molecule has 8 heterocycles. The number of nitrogens with zero attached hydrogens (tertiary/aromatic N) is 4. The zero-order valence-corrected chi connectivity index (χ0v) is 28.3. The predicted molar refractivity (Wildman–Crippen MR) is 179 cm³/mol. The first kappa shape index (κ1) is 35.1. The van der Waals surface area contributed by atoms with Gasteiger partial charge in [-0.05, 0) is 39.8 Å². The second kappa shape index (κ2) is 14.2. The van der Waals surface area contributed by atoms with Crippen LogP contribution in [-0.2, 0) is 28.5 Å². The van der Waals surface area contributed by atoms with Gasteiger partial charge in [0.05, 0.1) is 49.2 Å². The number of fused-ring (bicyclic) bond motifs is 3. The minimum atomic E-state index is -0.639. The SMILES string of the molecule is CC1(C)O[C@H]2[C@H](CN(c3ccnc4[nH]cc(-c5ccnc(N)n5)c34)[C@@H]2CO)O1.CC1(C)O[C@H]2[C@H](CN[C@@H]2CO)O1.COC(=O)[C@@H]1C=CCN1. The van der Waals surface area contributed by atoms with E-state index in [4.69, 9.17) is 29.8 Å². The topological polar surface area (TPSA) is 211 Å². The van der Waals surface area contributed by atoms with E-state index in [0.717, 1.165) is 35.4 Å². The molecule has 4 fully saturated rings. The maximum Gasteiger partial charge on any atom is 0.326 e. The molecule has 0 amide bonds. The first-order valence-corrected chi connectivity index (χ1v) is 16.4. The number of pyridine rings is 1. The maximum absolute atomic E-state index is 10.7. The third kappa shape index (κ3) is 7.41. The summed E-state index contributed by atoms with van der Waals surface area (Å²) >= 11 is 0. The summed E-state index contributed by atoms with van der Waals surface area (Å²) in [5.74, 6) is -1.13. The van der Waals surface area contributed by atoms with Crippen LogP contribution < -0.4 is 21.3 Å². The number of H-pyrrole nitrogens is 1. The van der Waals surface area contributed by atoms with Crippen LogP contribution in [-0.4, -0.2) is 130 Å². The van der Waals surface area contributed by atoms with Crippen LogP contribution in [0.1, 0.15) is 27.7 Å². The normalized spacial score (nSPS) is 30.3. The molecule has 4 saturated heterocycles. The number of anilines is 2. The highest BCUT2D eigenvalue weighted by atomic mass is 16.8. The lowest BCUT2D eigenvalue weighted by Gasteiger charge is -2.30. The number of aromatic amines is 1. The van der Waals surface area contributed by atoms with Gasteiger partial charge in [0.2, 0.25) is 5.95 Å². The Bertz CT molecular complexity index is 1650. The summed E-state index contributed by atoms with van der Waals surface area (Å²) < 4.78 is 27.8. The van der Waals surface area contributed by atoms with Crippen LogP contribution in [0.2, 0.25) is 0 Å². The highest BCUT2D eigenvalue weighted by Gasteiger charge is 2.53. The number of rotatable bonds is 5. The van der Waals surface area contributed by atoms with Crippen LogP contribution in [0.5, 0.6) is 0 Å². The van der Waals surface area contributed by atoms with Gasteiger partial charge < -0.3 is 54.8 Å². The summed E-state index contributed by atoms with van der Waals surface area (Å²) in [7, 11) is 1.39. The fourth-order valence-electron chi connectivity index (χ4n) is 6.99. The van der Waals surface area contributed by atoms with Gasteiger partial charge in [0.25, 0.3) is 0 Å². The molecule has 7 N–H and O–H groups in total. The molecule has 16 nitrogen and oxygen atoms in total. The quantitative estimate of drug-likeness (QED) is 0.159. The van der Waals surface area contributed by atoms with Crippen molar-refractivity contribution in [2.75, 3.05) is 50.6 Å². The summed E-state index contributed by atoms with van der Waals surface area (Å²) in [5.41, 5.74) is 9.04.